The summed E-state index contributed by atoms with van der Waals surface area (Å²) in [6.07, 6.45) is 0.724. The second kappa shape index (κ2) is 7.94. The minimum absolute atomic E-state index is 0. The van der Waals surface area contributed by atoms with Crippen LogP contribution in [-0.4, -0.2) is 40.6 Å². The molecule has 3 rings (SSSR count). The molecule has 2 aromatic rings. The molecule has 0 radical (unpaired) electrons. The number of carbonyl (C=O) groups is 1. The van der Waals surface area contributed by atoms with E-state index in [1.807, 2.05) is 30.1 Å². The molecule has 0 saturated carbocycles. The predicted molar refractivity (Wildman–Crippen MR) is 93.1 cm³/mol. The number of para-hydroxylation sites is 1. The maximum Gasteiger partial charge on any atom is 0.244 e. The lowest BCUT2D eigenvalue weighted by Gasteiger charge is -2.23. The molecule has 1 aliphatic heterocycles. The lowest BCUT2D eigenvalue weighted by molar-refractivity contribution is -0.121. The standard InChI is InChI=1S/C15H18ClN5O2.ClH/c1-20(9-13-18-14(8-17)23-19-13)12-6-7-21(15(12)22)11-5-3-2-4-10(11)16;/h2-5,12H,6-9,17H2,1H3;1H. The van der Waals surface area contributed by atoms with Gasteiger partial charge in [-0.25, -0.2) is 0 Å². The molecular weight excluding hydrogens is 353 g/mol. The van der Waals surface area contributed by atoms with Crippen LogP contribution in [0.3, 0.4) is 0 Å². The van der Waals surface area contributed by atoms with Gasteiger partial charge in [-0.2, -0.15) is 4.98 Å². The first-order valence-corrected chi connectivity index (χ1v) is 7.75. The third-order valence-corrected chi connectivity index (χ3v) is 4.25. The summed E-state index contributed by atoms with van der Waals surface area (Å²) >= 11 is 6.19. The van der Waals surface area contributed by atoms with Gasteiger partial charge in [0, 0.05) is 6.54 Å². The van der Waals surface area contributed by atoms with Crippen molar-refractivity contribution in [3.8, 4) is 0 Å². The smallest absolute Gasteiger partial charge is 0.244 e. The van der Waals surface area contributed by atoms with Crippen LogP contribution in [0.15, 0.2) is 28.8 Å². The molecule has 1 aliphatic rings. The van der Waals surface area contributed by atoms with E-state index in [2.05, 4.69) is 10.1 Å². The predicted octanol–water partition coefficient (Wildman–Crippen LogP) is 1.84. The van der Waals surface area contributed by atoms with Crippen LogP contribution in [0.4, 0.5) is 5.69 Å². The summed E-state index contributed by atoms with van der Waals surface area (Å²) in [6.45, 7) is 1.27. The molecule has 1 aromatic heterocycles. The number of aromatic nitrogens is 2. The highest BCUT2D eigenvalue weighted by Gasteiger charge is 2.36. The molecule has 1 amide bonds. The third kappa shape index (κ3) is 3.70. The van der Waals surface area contributed by atoms with Gasteiger partial charge in [0.2, 0.25) is 11.8 Å². The number of nitrogens with zero attached hydrogens (tertiary/aromatic N) is 4. The van der Waals surface area contributed by atoms with Gasteiger partial charge in [-0.05, 0) is 25.6 Å². The lowest BCUT2D eigenvalue weighted by Crippen LogP contribution is -2.39. The minimum atomic E-state index is -0.230. The Bertz CT molecular complexity index is 709. The van der Waals surface area contributed by atoms with Crippen LogP contribution < -0.4 is 10.6 Å². The van der Waals surface area contributed by atoms with Gasteiger partial charge in [-0.1, -0.05) is 28.9 Å². The van der Waals surface area contributed by atoms with Gasteiger partial charge in [0.1, 0.15) is 0 Å². The van der Waals surface area contributed by atoms with Gasteiger partial charge < -0.3 is 15.2 Å². The van der Waals surface area contributed by atoms with Gasteiger partial charge >= 0.3 is 0 Å². The quantitative estimate of drug-likeness (QED) is 0.862. The van der Waals surface area contributed by atoms with E-state index in [1.54, 1.807) is 11.0 Å². The molecule has 0 aliphatic carbocycles. The molecule has 130 valence electrons. The molecule has 1 unspecified atom stereocenters. The monoisotopic (exact) mass is 371 g/mol. The van der Waals surface area contributed by atoms with Crippen molar-refractivity contribution < 1.29 is 9.32 Å². The largest absolute Gasteiger partial charge is 0.338 e. The Morgan fingerprint density at radius 2 is 2.21 bits per heavy atom. The summed E-state index contributed by atoms with van der Waals surface area (Å²) in [4.78, 5) is 20.5. The molecule has 7 nitrogen and oxygen atoms in total. The summed E-state index contributed by atoms with van der Waals surface area (Å²) in [5.41, 5.74) is 6.20. The fourth-order valence-electron chi connectivity index (χ4n) is 2.75. The highest BCUT2D eigenvalue weighted by Crippen LogP contribution is 2.30. The maximum absolute atomic E-state index is 12.7. The summed E-state index contributed by atoms with van der Waals surface area (Å²) in [5.74, 6) is 0.948. The van der Waals surface area contributed by atoms with Crippen LogP contribution in [0.2, 0.25) is 5.02 Å². The van der Waals surface area contributed by atoms with Gasteiger partial charge in [0.15, 0.2) is 5.82 Å². The first-order chi connectivity index (χ1) is 11.1. The fraction of sp³-hybridized carbons (Fsp3) is 0.400. The molecule has 0 spiro atoms. The SMILES string of the molecule is CN(Cc1noc(CN)n1)C1CCN(c2ccccc2Cl)C1=O.Cl. The van der Waals surface area contributed by atoms with Crippen molar-refractivity contribution in [2.45, 2.75) is 25.6 Å². The van der Waals surface area contributed by atoms with Crippen LogP contribution in [-0.2, 0) is 17.9 Å². The van der Waals surface area contributed by atoms with Crippen molar-refractivity contribution in [2.75, 3.05) is 18.5 Å². The molecule has 9 heteroatoms. The summed E-state index contributed by atoms with van der Waals surface area (Å²) in [6, 6.07) is 7.14. The van der Waals surface area contributed by atoms with Crippen molar-refractivity contribution in [2.24, 2.45) is 5.73 Å². The van der Waals surface area contributed by atoms with Crippen molar-refractivity contribution in [1.29, 1.82) is 0 Å². The van der Waals surface area contributed by atoms with Crippen molar-refractivity contribution in [3.05, 3.63) is 41.0 Å². The van der Waals surface area contributed by atoms with E-state index < -0.39 is 0 Å². The van der Waals surface area contributed by atoms with Crippen LogP contribution >= 0.6 is 24.0 Å². The van der Waals surface area contributed by atoms with Crippen LogP contribution in [0, 0.1) is 0 Å². The Morgan fingerprint density at radius 3 is 2.88 bits per heavy atom. The summed E-state index contributed by atoms with van der Waals surface area (Å²) in [5, 5.41) is 4.44. The van der Waals surface area contributed by atoms with E-state index in [1.165, 1.54) is 0 Å². The molecule has 1 fully saturated rings. The number of benzene rings is 1. The number of carbonyl (C=O) groups excluding carboxylic acids is 1. The van der Waals surface area contributed by atoms with Gasteiger partial charge in [0.05, 0.1) is 29.8 Å². The highest BCUT2D eigenvalue weighted by atomic mass is 35.5. The van der Waals surface area contributed by atoms with Gasteiger partial charge in [-0.15, -0.1) is 12.4 Å². The van der Waals surface area contributed by atoms with Crippen LogP contribution in [0.1, 0.15) is 18.1 Å². The van der Waals surface area contributed by atoms with E-state index in [-0.39, 0.29) is 30.9 Å². The second-order valence-electron chi connectivity index (χ2n) is 5.47. The van der Waals surface area contributed by atoms with Crippen LogP contribution in [0.5, 0.6) is 0 Å². The fourth-order valence-corrected chi connectivity index (χ4v) is 2.99. The van der Waals surface area contributed by atoms with Gasteiger partial charge in [0.25, 0.3) is 0 Å². The molecule has 2 heterocycles. The maximum atomic E-state index is 12.7. The molecule has 24 heavy (non-hydrogen) atoms. The number of amides is 1. The average Bonchev–Trinajstić information content (AvgIpc) is 3.14. The zero-order valence-corrected chi connectivity index (χ0v) is 14.8. The number of likely N-dealkylation sites (N-methyl/N-ethyl adjacent to an activating group) is 1. The Labute approximate surface area is 151 Å². The Hall–Kier alpha value is -1.67. The van der Waals surface area contributed by atoms with Crippen molar-refractivity contribution >= 4 is 35.6 Å². The number of rotatable bonds is 5. The Morgan fingerprint density at radius 1 is 1.46 bits per heavy atom. The third-order valence-electron chi connectivity index (χ3n) is 3.93. The number of anilines is 1. The summed E-state index contributed by atoms with van der Waals surface area (Å²) in [7, 11) is 1.87. The zero-order valence-electron chi connectivity index (χ0n) is 13.2. The molecule has 0 bridgehead atoms. The van der Waals surface area contributed by atoms with Crippen molar-refractivity contribution in [3.63, 3.8) is 0 Å². The second-order valence-corrected chi connectivity index (χ2v) is 5.88. The van der Waals surface area contributed by atoms with Crippen molar-refractivity contribution in [1.82, 2.24) is 15.0 Å². The minimum Gasteiger partial charge on any atom is -0.338 e. The topological polar surface area (TPSA) is 88.5 Å². The first kappa shape index (κ1) is 18.7. The number of hydrogen-bond acceptors (Lipinski definition) is 6. The van der Waals surface area contributed by atoms with E-state index >= 15 is 0 Å². The summed E-state index contributed by atoms with van der Waals surface area (Å²) < 4.78 is 4.98. The molecule has 1 atom stereocenters. The first-order valence-electron chi connectivity index (χ1n) is 7.38. The molecule has 2 N–H and O–H groups in total. The normalized spacial score (nSPS) is 17.4. The van der Waals surface area contributed by atoms with E-state index in [4.69, 9.17) is 21.9 Å². The lowest BCUT2D eigenvalue weighted by atomic mass is 10.2. The van der Waals surface area contributed by atoms with Gasteiger partial charge in [-0.3, -0.25) is 9.69 Å². The number of nitrogens with two attached hydrogens (primary N) is 1. The van der Waals surface area contributed by atoms with E-state index in [9.17, 15) is 4.79 Å². The Balaban J connectivity index is 0.00000208. The van der Waals surface area contributed by atoms with Crippen LogP contribution in [0.25, 0.3) is 0 Å². The molecule has 1 saturated heterocycles. The number of halogens is 2. The number of hydrogen-bond donors (Lipinski definition) is 1. The molecule has 1 aromatic carbocycles. The Kier molecular flexibility index (Phi) is 6.17. The molecular formula is C15H19Cl2N5O2. The average molecular weight is 372 g/mol. The van der Waals surface area contributed by atoms with E-state index in [0.717, 1.165) is 12.1 Å². The zero-order chi connectivity index (χ0) is 16.4. The highest BCUT2D eigenvalue weighted by molar-refractivity contribution is 6.33. The van der Waals surface area contributed by atoms with E-state index in [0.29, 0.717) is 29.8 Å².